The number of rotatable bonds is 2. The van der Waals surface area contributed by atoms with Crippen molar-refractivity contribution < 1.29 is 4.79 Å². The summed E-state index contributed by atoms with van der Waals surface area (Å²) in [5.41, 5.74) is 1.94. The van der Waals surface area contributed by atoms with E-state index in [0.717, 1.165) is 16.5 Å². The molecule has 0 heterocycles. The number of halogens is 1. The van der Waals surface area contributed by atoms with Crippen molar-refractivity contribution >= 4 is 21.8 Å². The van der Waals surface area contributed by atoms with E-state index in [-0.39, 0.29) is 5.91 Å². The zero-order chi connectivity index (χ0) is 10.7. The molecule has 0 fully saturated rings. The predicted molar refractivity (Wildman–Crippen MR) is 61.5 cm³/mol. The Labute approximate surface area is 93.0 Å². The lowest BCUT2D eigenvalue weighted by molar-refractivity contribution is 0.0827. The van der Waals surface area contributed by atoms with Gasteiger partial charge in [0.15, 0.2) is 0 Å². The molecule has 3 heteroatoms. The highest BCUT2D eigenvalue weighted by molar-refractivity contribution is 9.10. The smallest absolute Gasteiger partial charge is 0.253 e. The Morgan fingerprint density at radius 3 is 2.50 bits per heavy atom. The van der Waals surface area contributed by atoms with Crippen molar-refractivity contribution in [3.63, 3.8) is 0 Å². The number of nitrogens with zero attached hydrogens (tertiary/aromatic N) is 1. The SMILES string of the molecule is CCc1ccc(C(=O)N(C)C)cc1Br. The minimum Gasteiger partial charge on any atom is -0.345 e. The maximum Gasteiger partial charge on any atom is 0.253 e. The zero-order valence-corrected chi connectivity index (χ0v) is 10.3. The minimum atomic E-state index is 0.0355. The average molecular weight is 256 g/mol. The lowest BCUT2D eigenvalue weighted by Crippen LogP contribution is -2.21. The average Bonchev–Trinajstić information content (AvgIpc) is 2.16. The molecule has 1 amide bonds. The van der Waals surface area contributed by atoms with E-state index in [1.54, 1.807) is 19.0 Å². The Morgan fingerprint density at radius 2 is 2.07 bits per heavy atom. The van der Waals surface area contributed by atoms with Crippen molar-refractivity contribution in [3.8, 4) is 0 Å². The summed E-state index contributed by atoms with van der Waals surface area (Å²) >= 11 is 3.45. The number of benzene rings is 1. The number of carbonyl (C=O) groups excluding carboxylic acids is 1. The molecule has 0 N–H and O–H groups in total. The third-order valence-corrected chi connectivity index (χ3v) is 2.83. The fourth-order valence-electron chi connectivity index (χ4n) is 1.23. The molecule has 0 spiro atoms. The first-order valence-corrected chi connectivity index (χ1v) is 5.35. The second-order valence-corrected chi connectivity index (χ2v) is 4.21. The quantitative estimate of drug-likeness (QED) is 0.796. The molecule has 0 aliphatic rings. The summed E-state index contributed by atoms with van der Waals surface area (Å²) in [7, 11) is 3.51. The first kappa shape index (κ1) is 11.2. The molecule has 0 aromatic heterocycles. The normalized spacial score (nSPS) is 10.0. The largest absolute Gasteiger partial charge is 0.345 e. The second kappa shape index (κ2) is 4.60. The molecule has 0 aliphatic heterocycles. The molecule has 0 atom stereocenters. The second-order valence-electron chi connectivity index (χ2n) is 3.36. The van der Waals surface area contributed by atoms with Gasteiger partial charge in [-0.05, 0) is 24.1 Å². The van der Waals surface area contributed by atoms with Crippen LogP contribution in [0.3, 0.4) is 0 Å². The van der Waals surface area contributed by atoms with E-state index in [4.69, 9.17) is 0 Å². The van der Waals surface area contributed by atoms with Gasteiger partial charge < -0.3 is 4.90 Å². The van der Waals surface area contributed by atoms with Gasteiger partial charge in [0.2, 0.25) is 0 Å². The third kappa shape index (κ3) is 2.35. The van der Waals surface area contributed by atoms with Gasteiger partial charge in [-0.3, -0.25) is 4.79 Å². The highest BCUT2D eigenvalue weighted by Gasteiger charge is 2.09. The van der Waals surface area contributed by atoms with Gasteiger partial charge in [-0.2, -0.15) is 0 Å². The summed E-state index contributed by atoms with van der Waals surface area (Å²) in [5.74, 6) is 0.0355. The predicted octanol–water partition coefficient (Wildman–Crippen LogP) is 2.71. The van der Waals surface area contributed by atoms with Crippen molar-refractivity contribution in [2.75, 3.05) is 14.1 Å². The van der Waals surface area contributed by atoms with Crippen LogP contribution in [0, 0.1) is 0 Å². The first-order valence-electron chi connectivity index (χ1n) is 4.56. The van der Waals surface area contributed by atoms with Crippen LogP contribution in [0.15, 0.2) is 22.7 Å². The fourth-order valence-corrected chi connectivity index (χ4v) is 1.88. The molecule has 1 aromatic rings. The number of carbonyl (C=O) groups is 1. The maximum absolute atomic E-state index is 11.6. The van der Waals surface area contributed by atoms with Crippen LogP contribution in [-0.4, -0.2) is 24.9 Å². The maximum atomic E-state index is 11.6. The van der Waals surface area contributed by atoms with Gasteiger partial charge >= 0.3 is 0 Å². The van der Waals surface area contributed by atoms with Gasteiger partial charge in [-0.15, -0.1) is 0 Å². The van der Waals surface area contributed by atoms with E-state index in [1.807, 2.05) is 18.2 Å². The molecule has 0 bridgehead atoms. The lowest BCUT2D eigenvalue weighted by Gasteiger charge is -2.11. The van der Waals surface area contributed by atoms with Gasteiger partial charge in [0.25, 0.3) is 5.91 Å². The minimum absolute atomic E-state index is 0.0355. The molecule has 1 aromatic carbocycles. The van der Waals surface area contributed by atoms with Crippen molar-refractivity contribution in [2.45, 2.75) is 13.3 Å². The van der Waals surface area contributed by atoms with Gasteiger partial charge in [-0.1, -0.05) is 28.9 Å². The molecule has 14 heavy (non-hydrogen) atoms. The Morgan fingerprint density at radius 1 is 1.43 bits per heavy atom. The van der Waals surface area contributed by atoms with E-state index in [9.17, 15) is 4.79 Å². The number of amides is 1. The van der Waals surface area contributed by atoms with Gasteiger partial charge in [-0.25, -0.2) is 0 Å². The molecule has 0 aliphatic carbocycles. The van der Waals surface area contributed by atoms with Gasteiger partial charge in [0, 0.05) is 24.1 Å². The third-order valence-electron chi connectivity index (χ3n) is 2.09. The summed E-state index contributed by atoms with van der Waals surface area (Å²) in [4.78, 5) is 13.2. The van der Waals surface area contributed by atoms with Crippen LogP contribution in [-0.2, 0) is 6.42 Å². The summed E-state index contributed by atoms with van der Waals surface area (Å²) in [5, 5.41) is 0. The Hall–Kier alpha value is -0.830. The Kier molecular flexibility index (Phi) is 3.69. The van der Waals surface area contributed by atoms with Crippen LogP contribution in [0.1, 0.15) is 22.8 Å². The molecular weight excluding hydrogens is 242 g/mol. The molecule has 2 nitrogen and oxygen atoms in total. The van der Waals surface area contributed by atoms with E-state index < -0.39 is 0 Å². The van der Waals surface area contributed by atoms with E-state index in [1.165, 1.54) is 5.56 Å². The standard InChI is InChI=1S/C11H14BrNO/c1-4-8-5-6-9(7-10(8)12)11(14)13(2)3/h5-7H,4H2,1-3H3. The summed E-state index contributed by atoms with van der Waals surface area (Å²) in [6, 6.07) is 5.73. The van der Waals surface area contributed by atoms with Crippen LogP contribution in [0.4, 0.5) is 0 Å². The Balaban J connectivity index is 3.03. The number of hydrogen-bond donors (Lipinski definition) is 0. The van der Waals surface area contributed by atoms with Gasteiger partial charge in [0.05, 0.1) is 0 Å². The fraction of sp³-hybridized carbons (Fsp3) is 0.364. The monoisotopic (exact) mass is 255 g/mol. The van der Waals surface area contributed by atoms with Crippen LogP contribution < -0.4 is 0 Å². The molecule has 0 saturated carbocycles. The van der Waals surface area contributed by atoms with Crippen molar-refractivity contribution in [2.24, 2.45) is 0 Å². The topological polar surface area (TPSA) is 20.3 Å². The lowest BCUT2D eigenvalue weighted by atomic mass is 10.1. The highest BCUT2D eigenvalue weighted by atomic mass is 79.9. The zero-order valence-electron chi connectivity index (χ0n) is 8.67. The van der Waals surface area contributed by atoms with Crippen molar-refractivity contribution in [1.29, 1.82) is 0 Å². The molecule has 76 valence electrons. The molecule has 1 rings (SSSR count). The molecule has 0 saturated heterocycles. The summed E-state index contributed by atoms with van der Waals surface area (Å²) in [6.07, 6.45) is 0.969. The molecular formula is C11H14BrNO. The first-order chi connectivity index (χ1) is 6.56. The van der Waals surface area contributed by atoms with Crippen LogP contribution >= 0.6 is 15.9 Å². The molecule has 0 radical (unpaired) electrons. The van der Waals surface area contributed by atoms with E-state index in [0.29, 0.717) is 0 Å². The summed E-state index contributed by atoms with van der Waals surface area (Å²) in [6.45, 7) is 2.09. The summed E-state index contributed by atoms with van der Waals surface area (Å²) < 4.78 is 1.01. The van der Waals surface area contributed by atoms with E-state index in [2.05, 4.69) is 22.9 Å². The van der Waals surface area contributed by atoms with E-state index >= 15 is 0 Å². The Bertz CT molecular complexity index is 347. The van der Waals surface area contributed by atoms with Crippen molar-refractivity contribution in [1.82, 2.24) is 4.90 Å². The van der Waals surface area contributed by atoms with Crippen LogP contribution in [0.2, 0.25) is 0 Å². The highest BCUT2D eigenvalue weighted by Crippen LogP contribution is 2.19. The van der Waals surface area contributed by atoms with Gasteiger partial charge in [0.1, 0.15) is 0 Å². The molecule has 0 unspecified atom stereocenters. The van der Waals surface area contributed by atoms with Crippen molar-refractivity contribution in [3.05, 3.63) is 33.8 Å². The van der Waals surface area contributed by atoms with Crippen LogP contribution in [0.25, 0.3) is 0 Å². The number of hydrogen-bond acceptors (Lipinski definition) is 1. The van der Waals surface area contributed by atoms with Crippen LogP contribution in [0.5, 0.6) is 0 Å². The number of aryl methyl sites for hydroxylation is 1.